The number of nitrogens with zero attached hydrogens (tertiary/aromatic N) is 2. The predicted octanol–water partition coefficient (Wildman–Crippen LogP) is 9.73. The summed E-state index contributed by atoms with van der Waals surface area (Å²) in [7, 11) is -1.26. The Hall–Kier alpha value is -1.88. The third-order valence-corrected chi connectivity index (χ3v) is 11.7. The topological polar surface area (TPSA) is 84.2 Å². The van der Waals surface area contributed by atoms with Gasteiger partial charge in [0.1, 0.15) is 0 Å². The molecule has 7 atom stereocenters. The molecule has 2 saturated heterocycles. The van der Waals surface area contributed by atoms with Crippen molar-refractivity contribution in [3.8, 4) is 6.07 Å². The molecule has 2 aromatic carbocycles. The molecular formula is C39H61N2O5P. The standard InChI is InChI=1S/C24H39N2O3P.C15H22O2/c1-9-22-24(15-23(28-22)21-14-19(7)18(6)13-20(21)8)29-30(27-12-10-11-25)26(16(2)3)17(4)5;1-5-14-13(16)8-15(17-14)12-7-10(3)9(2)6-11(12)4/h13-14,16-17,22-24H,9-10,12,15H2,1-8H3;6-7,13-16H,5,8H2,1-4H3/t22-,23-,24-,30?;13-,14-,15-/m11/s1. The van der Waals surface area contributed by atoms with Crippen molar-refractivity contribution >= 4 is 8.53 Å². The van der Waals surface area contributed by atoms with Crippen LogP contribution >= 0.6 is 8.53 Å². The smallest absolute Gasteiger partial charge is 0.259 e. The molecule has 2 fully saturated rings. The van der Waals surface area contributed by atoms with Crippen molar-refractivity contribution in [2.24, 2.45) is 0 Å². The van der Waals surface area contributed by atoms with Crippen LogP contribution in [0.1, 0.15) is 130 Å². The van der Waals surface area contributed by atoms with Gasteiger partial charge in [0.15, 0.2) is 0 Å². The molecule has 2 aromatic rings. The number of hydrogen-bond acceptors (Lipinski definition) is 7. The lowest BCUT2D eigenvalue weighted by atomic mass is 9.95. The van der Waals surface area contributed by atoms with Gasteiger partial charge >= 0.3 is 0 Å². The number of rotatable bonds is 12. The van der Waals surface area contributed by atoms with Crippen molar-refractivity contribution < 1.29 is 23.6 Å². The van der Waals surface area contributed by atoms with Gasteiger partial charge < -0.3 is 23.6 Å². The molecule has 1 unspecified atom stereocenters. The maximum atomic E-state index is 9.91. The summed E-state index contributed by atoms with van der Waals surface area (Å²) < 4.78 is 27.4. The number of ether oxygens (including phenoxy) is 2. The zero-order valence-corrected chi connectivity index (χ0v) is 32.0. The van der Waals surface area contributed by atoms with Crippen molar-refractivity contribution in [1.82, 2.24) is 4.67 Å². The summed E-state index contributed by atoms with van der Waals surface area (Å²) in [5, 5.41) is 18.8. The fourth-order valence-electron chi connectivity index (χ4n) is 6.75. The quantitative estimate of drug-likeness (QED) is 0.178. The minimum Gasteiger partial charge on any atom is -0.390 e. The van der Waals surface area contributed by atoms with Crippen molar-refractivity contribution in [3.05, 3.63) is 68.8 Å². The average molecular weight is 669 g/mol. The number of aliphatic hydroxyl groups excluding tert-OH is 1. The Bertz CT molecular complexity index is 1330. The summed E-state index contributed by atoms with van der Waals surface area (Å²) in [6.45, 7) is 26.1. The highest BCUT2D eigenvalue weighted by Crippen LogP contribution is 2.51. The molecule has 8 heteroatoms. The van der Waals surface area contributed by atoms with Gasteiger partial charge in [-0.2, -0.15) is 5.26 Å². The van der Waals surface area contributed by atoms with E-state index in [4.69, 9.17) is 23.8 Å². The highest BCUT2D eigenvalue weighted by atomic mass is 31.2. The molecule has 0 amide bonds. The largest absolute Gasteiger partial charge is 0.390 e. The SMILES string of the molecule is CC[C@H]1O[C@@H](c2cc(C)c(C)cc2C)C[C@H]1O.CC[C@H]1O[C@@H](c2cc(C)c(C)cc2C)C[C@H]1OP(OCCC#N)N(C(C)C)C(C)C. The molecule has 0 bridgehead atoms. The van der Waals surface area contributed by atoms with Gasteiger partial charge in [-0.3, -0.25) is 0 Å². The fourth-order valence-corrected chi connectivity index (χ4v) is 8.51. The summed E-state index contributed by atoms with van der Waals surface area (Å²) >= 11 is 0. The Balaban J connectivity index is 0.000000297. The lowest BCUT2D eigenvalue weighted by Crippen LogP contribution is -2.35. The van der Waals surface area contributed by atoms with Gasteiger partial charge in [0.05, 0.1) is 55.7 Å². The molecule has 0 spiro atoms. The molecular weight excluding hydrogens is 607 g/mol. The molecule has 2 aliphatic rings. The second kappa shape index (κ2) is 18.2. The minimum atomic E-state index is -1.26. The van der Waals surface area contributed by atoms with E-state index in [9.17, 15) is 5.11 Å². The first-order valence-electron chi connectivity index (χ1n) is 17.6. The lowest BCUT2D eigenvalue weighted by Gasteiger charge is -2.37. The van der Waals surface area contributed by atoms with Crippen LogP contribution in [0.4, 0.5) is 0 Å². The monoisotopic (exact) mass is 668 g/mol. The summed E-state index contributed by atoms with van der Waals surface area (Å²) in [5.41, 5.74) is 10.3. The van der Waals surface area contributed by atoms with Crippen LogP contribution in [0.25, 0.3) is 0 Å². The van der Waals surface area contributed by atoms with Crippen LogP contribution in [-0.4, -0.2) is 52.9 Å². The molecule has 0 radical (unpaired) electrons. The Morgan fingerprint density at radius 2 is 1.26 bits per heavy atom. The predicted molar refractivity (Wildman–Crippen MR) is 192 cm³/mol. The summed E-state index contributed by atoms with van der Waals surface area (Å²) in [4.78, 5) is 0. The molecule has 262 valence electrons. The summed E-state index contributed by atoms with van der Waals surface area (Å²) in [6.07, 6.45) is 3.51. The highest BCUT2D eigenvalue weighted by molar-refractivity contribution is 7.44. The zero-order valence-electron chi connectivity index (χ0n) is 31.1. The first-order valence-corrected chi connectivity index (χ1v) is 18.7. The van der Waals surface area contributed by atoms with E-state index < -0.39 is 8.53 Å². The molecule has 2 aliphatic heterocycles. The van der Waals surface area contributed by atoms with E-state index in [1.54, 1.807) is 0 Å². The summed E-state index contributed by atoms with van der Waals surface area (Å²) in [5.74, 6) is 0. The van der Waals surface area contributed by atoms with Crippen molar-refractivity contribution in [2.45, 2.75) is 164 Å². The number of benzene rings is 2. The maximum Gasteiger partial charge on any atom is 0.259 e. The summed E-state index contributed by atoms with van der Waals surface area (Å²) in [6, 6.07) is 11.7. The van der Waals surface area contributed by atoms with Crippen molar-refractivity contribution in [3.63, 3.8) is 0 Å². The van der Waals surface area contributed by atoms with E-state index >= 15 is 0 Å². The van der Waals surface area contributed by atoms with Crippen LogP contribution in [0.2, 0.25) is 0 Å². The second-order valence-corrected chi connectivity index (χ2v) is 15.4. The first kappa shape index (κ1) is 39.6. The minimum absolute atomic E-state index is 0.000934. The van der Waals surface area contributed by atoms with Gasteiger partial charge in [-0.05, 0) is 127 Å². The maximum absolute atomic E-state index is 9.91. The fraction of sp³-hybridized carbons (Fsp3) is 0.667. The van der Waals surface area contributed by atoms with E-state index in [0.717, 1.165) is 25.7 Å². The van der Waals surface area contributed by atoms with E-state index in [2.05, 4.69) is 118 Å². The van der Waals surface area contributed by atoms with Gasteiger partial charge in [0.25, 0.3) is 8.53 Å². The van der Waals surface area contributed by atoms with Gasteiger partial charge in [0.2, 0.25) is 0 Å². The molecule has 0 aliphatic carbocycles. The first-order chi connectivity index (χ1) is 22.2. The van der Waals surface area contributed by atoms with Gasteiger partial charge in [-0.15, -0.1) is 0 Å². The molecule has 0 saturated carbocycles. The third-order valence-electron chi connectivity index (χ3n) is 9.58. The lowest BCUT2D eigenvalue weighted by molar-refractivity contribution is 0.00757. The van der Waals surface area contributed by atoms with Crippen LogP contribution in [-0.2, 0) is 18.5 Å². The zero-order chi connectivity index (χ0) is 35.0. The van der Waals surface area contributed by atoms with Crippen LogP contribution in [0.3, 0.4) is 0 Å². The Morgan fingerprint density at radius 1 is 0.787 bits per heavy atom. The molecule has 0 aromatic heterocycles. The van der Waals surface area contributed by atoms with E-state index in [1.807, 2.05) is 0 Å². The van der Waals surface area contributed by atoms with E-state index in [-0.39, 0.29) is 36.6 Å². The number of aryl methyl sites for hydroxylation is 6. The van der Waals surface area contributed by atoms with E-state index in [0.29, 0.717) is 25.1 Å². The molecule has 47 heavy (non-hydrogen) atoms. The van der Waals surface area contributed by atoms with Crippen LogP contribution in [0, 0.1) is 52.9 Å². The molecule has 7 nitrogen and oxygen atoms in total. The Morgan fingerprint density at radius 3 is 1.70 bits per heavy atom. The van der Waals surface area contributed by atoms with E-state index in [1.165, 1.54) is 44.5 Å². The van der Waals surface area contributed by atoms with Crippen molar-refractivity contribution in [2.75, 3.05) is 6.61 Å². The Labute approximate surface area is 286 Å². The number of aliphatic hydroxyl groups is 1. The van der Waals surface area contributed by atoms with Gasteiger partial charge in [0, 0.05) is 24.9 Å². The molecule has 2 heterocycles. The molecule has 1 N–H and O–H groups in total. The Kier molecular flexibility index (Phi) is 15.3. The molecule has 4 rings (SSSR count). The number of nitriles is 1. The van der Waals surface area contributed by atoms with Crippen molar-refractivity contribution in [1.29, 1.82) is 5.26 Å². The normalized spacial score (nSPS) is 24.9. The van der Waals surface area contributed by atoms with Gasteiger partial charge in [-0.25, -0.2) is 4.67 Å². The third kappa shape index (κ3) is 10.3. The number of hydrogen-bond donors (Lipinski definition) is 1. The van der Waals surface area contributed by atoms with Gasteiger partial charge in [-0.1, -0.05) is 38.1 Å². The van der Waals surface area contributed by atoms with Crippen LogP contribution < -0.4 is 0 Å². The highest BCUT2D eigenvalue weighted by Gasteiger charge is 2.40. The van der Waals surface area contributed by atoms with Crippen LogP contribution in [0.15, 0.2) is 24.3 Å². The van der Waals surface area contributed by atoms with Crippen LogP contribution in [0.5, 0.6) is 0 Å². The second-order valence-electron chi connectivity index (χ2n) is 14.0. The average Bonchev–Trinajstić information content (AvgIpc) is 3.59.